The van der Waals surface area contributed by atoms with Gasteiger partial charge in [-0.2, -0.15) is 0 Å². The van der Waals surface area contributed by atoms with Gasteiger partial charge in [0.05, 0.1) is 22.1 Å². The molecule has 38 heavy (non-hydrogen) atoms. The third-order valence-corrected chi connectivity index (χ3v) is 11.0. The molecule has 4 bridgehead atoms. The van der Waals surface area contributed by atoms with Gasteiger partial charge >= 0.3 is 0 Å². The van der Waals surface area contributed by atoms with Crippen LogP contribution in [0.15, 0.2) is 72.9 Å². The van der Waals surface area contributed by atoms with E-state index in [0.29, 0.717) is 5.41 Å². The van der Waals surface area contributed by atoms with E-state index >= 15 is 0 Å². The molecule has 184 valence electrons. The van der Waals surface area contributed by atoms with Crippen LogP contribution in [0.3, 0.4) is 0 Å². The second kappa shape index (κ2) is 6.67. The molecular weight excluding hydrogens is 460 g/mol. The van der Waals surface area contributed by atoms with Crippen LogP contribution in [0.1, 0.15) is 49.7 Å². The average Bonchev–Trinajstić information content (AvgIpc) is 3.27. The molecule has 2 heteroatoms. The minimum Gasteiger partial charge on any atom is -0.308 e. The smallest absolute Gasteiger partial charge is 0.0823 e. The van der Waals surface area contributed by atoms with Gasteiger partial charge in [0.2, 0.25) is 0 Å². The molecule has 0 amide bonds. The van der Waals surface area contributed by atoms with Crippen LogP contribution in [0.25, 0.3) is 59.8 Å². The number of hydrogen-bond donors (Lipinski definition) is 0. The van der Waals surface area contributed by atoms with Crippen molar-refractivity contribution in [2.24, 2.45) is 17.8 Å². The zero-order valence-corrected chi connectivity index (χ0v) is 21.8. The van der Waals surface area contributed by atoms with Crippen LogP contribution in [0, 0.1) is 24.7 Å². The molecule has 0 N–H and O–H groups in total. The summed E-state index contributed by atoms with van der Waals surface area (Å²) < 4.78 is 2.63. The minimum atomic E-state index is 0.357. The highest BCUT2D eigenvalue weighted by Crippen LogP contribution is 2.62. The molecule has 0 atom stereocenters. The van der Waals surface area contributed by atoms with Gasteiger partial charge in [0.1, 0.15) is 0 Å². The monoisotopic (exact) mass is 490 g/mol. The second-order valence-corrected chi connectivity index (χ2v) is 13.1. The lowest BCUT2D eigenvalue weighted by molar-refractivity contribution is -0.00446. The number of nitrogens with zero attached hydrogens (tertiary/aromatic N) is 2. The van der Waals surface area contributed by atoms with Gasteiger partial charge in [-0.3, -0.25) is 4.98 Å². The third kappa shape index (κ3) is 2.31. The van der Waals surface area contributed by atoms with Gasteiger partial charge in [-0.1, -0.05) is 48.5 Å². The van der Waals surface area contributed by atoms with E-state index < -0.39 is 0 Å². The first kappa shape index (κ1) is 20.3. The van der Waals surface area contributed by atoms with Crippen LogP contribution in [0.2, 0.25) is 0 Å². The number of rotatable bonds is 1. The fraction of sp³-hybridized carbons (Fsp3) is 0.306. The molecule has 7 aromatic rings. The number of hydrogen-bond acceptors (Lipinski definition) is 1. The van der Waals surface area contributed by atoms with Crippen molar-refractivity contribution in [3.8, 4) is 0 Å². The van der Waals surface area contributed by atoms with Gasteiger partial charge in [0.15, 0.2) is 0 Å². The van der Waals surface area contributed by atoms with E-state index in [1.165, 1.54) is 98.3 Å². The minimum absolute atomic E-state index is 0.357. The summed E-state index contributed by atoms with van der Waals surface area (Å²) in [5.74, 6) is 2.81. The molecule has 3 aromatic heterocycles. The van der Waals surface area contributed by atoms with Crippen molar-refractivity contribution in [3.63, 3.8) is 0 Å². The van der Waals surface area contributed by atoms with Crippen LogP contribution in [0.5, 0.6) is 0 Å². The normalized spacial score (nSPS) is 26.8. The first-order valence-electron chi connectivity index (χ1n) is 14.6. The summed E-state index contributed by atoms with van der Waals surface area (Å²) in [7, 11) is 0. The molecule has 4 fully saturated rings. The molecule has 2 nitrogen and oxygen atoms in total. The number of pyridine rings is 2. The summed E-state index contributed by atoms with van der Waals surface area (Å²) in [6.07, 6.45) is 10.6. The maximum Gasteiger partial charge on any atom is 0.0823 e. The Morgan fingerprint density at radius 2 is 1.50 bits per heavy atom. The largest absolute Gasteiger partial charge is 0.308 e. The predicted octanol–water partition coefficient (Wildman–Crippen LogP) is 9.31. The zero-order chi connectivity index (χ0) is 24.7. The second-order valence-electron chi connectivity index (χ2n) is 13.1. The number of fused-ring (bicyclic) bond motifs is 7. The number of aryl methyl sites for hydroxylation is 1. The molecule has 4 saturated carbocycles. The van der Waals surface area contributed by atoms with E-state index in [0.717, 1.165) is 23.3 Å². The molecule has 0 radical (unpaired) electrons. The van der Waals surface area contributed by atoms with Crippen molar-refractivity contribution in [1.29, 1.82) is 0 Å². The molecule has 0 saturated heterocycles. The Bertz CT molecular complexity index is 2090. The maximum absolute atomic E-state index is 5.04. The zero-order valence-electron chi connectivity index (χ0n) is 21.8. The van der Waals surface area contributed by atoms with E-state index in [4.69, 9.17) is 4.98 Å². The number of benzene rings is 4. The molecule has 4 aliphatic carbocycles. The summed E-state index contributed by atoms with van der Waals surface area (Å²) in [6.45, 7) is 2.32. The fourth-order valence-corrected chi connectivity index (χ4v) is 10.1. The van der Waals surface area contributed by atoms with Crippen molar-refractivity contribution in [2.45, 2.75) is 50.9 Å². The van der Waals surface area contributed by atoms with Crippen LogP contribution >= 0.6 is 0 Å². The lowest BCUT2D eigenvalue weighted by Crippen LogP contribution is -2.48. The fourth-order valence-electron chi connectivity index (χ4n) is 10.1. The van der Waals surface area contributed by atoms with Crippen LogP contribution < -0.4 is 0 Å². The lowest BCUT2D eigenvalue weighted by atomic mass is 9.48. The highest BCUT2D eigenvalue weighted by molar-refractivity contribution is 6.29. The van der Waals surface area contributed by atoms with E-state index in [2.05, 4.69) is 78.1 Å². The SMILES string of the molecule is Cc1c2ccccc2cc2c3nccc4ccc5c6c(C78CC9CC(CC(C9)C7)C8)cccc6n(c12)c5c43. The first-order valence-corrected chi connectivity index (χ1v) is 14.6. The van der Waals surface area contributed by atoms with E-state index in [1.54, 1.807) is 5.56 Å². The highest BCUT2D eigenvalue weighted by atomic mass is 14.9. The Labute approximate surface area is 221 Å². The van der Waals surface area contributed by atoms with Gasteiger partial charge in [-0.15, -0.1) is 0 Å². The van der Waals surface area contributed by atoms with Crippen molar-refractivity contribution in [3.05, 3.63) is 84.1 Å². The summed E-state index contributed by atoms with van der Waals surface area (Å²) >= 11 is 0. The summed E-state index contributed by atoms with van der Waals surface area (Å²) in [4.78, 5) is 5.04. The number of aromatic nitrogens is 2. The highest BCUT2D eigenvalue weighted by Gasteiger charge is 2.52. The summed E-state index contributed by atoms with van der Waals surface area (Å²) in [6, 6.07) is 25.5. The Kier molecular flexibility index (Phi) is 3.57. The summed E-state index contributed by atoms with van der Waals surface area (Å²) in [5.41, 5.74) is 8.57. The molecule has 11 rings (SSSR count). The Balaban J connectivity index is 1.45. The standard InChI is InChI=1S/C36H30N2/c1-20-26-6-3-2-5-25(26)16-28-33-31-24(11-12-37-33)9-10-27-32-29(7-4-8-30(32)38(34(20)28)35(27)31)36-17-21-13-22(18-36)15-23(14-21)19-36/h2-12,16,21-23H,13-15,17-19H2,1H3. The lowest BCUT2D eigenvalue weighted by Gasteiger charge is -2.57. The molecule has 0 spiro atoms. The summed E-state index contributed by atoms with van der Waals surface area (Å²) in [5, 5.41) is 9.45. The molecular formula is C36H30N2. The molecule has 4 aliphatic rings. The van der Waals surface area contributed by atoms with Gasteiger partial charge in [-0.25, -0.2) is 0 Å². The Morgan fingerprint density at radius 3 is 2.32 bits per heavy atom. The molecule has 0 unspecified atom stereocenters. The Hall–Kier alpha value is -3.65. The van der Waals surface area contributed by atoms with Crippen molar-refractivity contribution in [1.82, 2.24) is 9.38 Å². The molecule has 4 aromatic carbocycles. The average molecular weight is 491 g/mol. The Morgan fingerprint density at radius 1 is 0.711 bits per heavy atom. The molecule has 0 aliphatic heterocycles. The van der Waals surface area contributed by atoms with Crippen LogP contribution in [-0.4, -0.2) is 9.38 Å². The van der Waals surface area contributed by atoms with Crippen molar-refractivity contribution >= 4 is 59.8 Å². The van der Waals surface area contributed by atoms with E-state index in [9.17, 15) is 0 Å². The molecule has 3 heterocycles. The van der Waals surface area contributed by atoms with Crippen molar-refractivity contribution in [2.75, 3.05) is 0 Å². The third-order valence-electron chi connectivity index (χ3n) is 11.0. The first-order chi connectivity index (χ1) is 18.7. The predicted molar refractivity (Wildman–Crippen MR) is 158 cm³/mol. The topological polar surface area (TPSA) is 17.3 Å². The van der Waals surface area contributed by atoms with Crippen LogP contribution in [0.4, 0.5) is 0 Å². The van der Waals surface area contributed by atoms with Crippen molar-refractivity contribution < 1.29 is 0 Å². The van der Waals surface area contributed by atoms with Gasteiger partial charge < -0.3 is 4.40 Å². The van der Waals surface area contributed by atoms with E-state index in [1.807, 2.05) is 6.20 Å². The maximum atomic E-state index is 5.04. The van der Waals surface area contributed by atoms with Gasteiger partial charge in [-0.05, 0) is 114 Å². The van der Waals surface area contributed by atoms with Crippen LogP contribution in [-0.2, 0) is 5.41 Å². The quantitative estimate of drug-likeness (QED) is 0.165. The van der Waals surface area contributed by atoms with Gasteiger partial charge in [0, 0.05) is 27.7 Å². The van der Waals surface area contributed by atoms with E-state index in [-0.39, 0.29) is 0 Å². The van der Waals surface area contributed by atoms with Gasteiger partial charge in [0.25, 0.3) is 0 Å².